The van der Waals surface area contributed by atoms with E-state index in [9.17, 15) is 0 Å². The third-order valence-electron chi connectivity index (χ3n) is 6.26. The number of benzene rings is 3. The summed E-state index contributed by atoms with van der Waals surface area (Å²) in [6, 6.07) is 23.9. The highest BCUT2D eigenvalue weighted by molar-refractivity contribution is 5.85. The molecule has 0 aliphatic heterocycles. The van der Waals surface area contributed by atoms with E-state index in [0.29, 0.717) is 5.92 Å². The van der Waals surface area contributed by atoms with Gasteiger partial charge in [0.05, 0.1) is 5.69 Å². The third-order valence-corrected chi connectivity index (χ3v) is 6.26. The van der Waals surface area contributed by atoms with Crippen molar-refractivity contribution in [2.45, 2.75) is 52.9 Å². The zero-order valence-corrected chi connectivity index (χ0v) is 19.5. The highest BCUT2D eigenvalue weighted by Gasteiger charge is 2.39. The van der Waals surface area contributed by atoms with Crippen molar-refractivity contribution in [1.29, 1.82) is 0 Å². The summed E-state index contributed by atoms with van der Waals surface area (Å²) < 4.78 is 2.30. The van der Waals surface area contributed by atoms with Crippen LogP contribution in [-0.4, -0.2) is 9.55 Å². The van der Waals surface area contributed by atoms with Crippen molar-refractivity contribution in [3.8, 4) is 28.2 Å². The van der Waals surface area contributed by atoms with E-state index in [1.165, 1.54) is 33.5 Å². The maximum absolute atomic E-state index is 4.75. The lowest BCUT2D eigenvalue weighted by Crippen LogP contribution is -2.19. The molecule has 0 fully saturated rings. The summed E-state index contributed by atoms with van der Waals surface area (Å²) in [6.45, 7) is 13.3. The molecule has 0 atom stereocenters. The molecule has 0 amide bonds. The van der Waals surface area contributed by atoms with Crippen molar-refractivity contribution in [2.24, 2.45) is 0 Å². The molecular weight excluding hydrogens is 376 g/mol. The minimum absolute atomic E-state index is 0.0651. The minimum atomic E-state index is -0.0651. The highest BCUT2D eigenvalue weighted by Crippen LogP contribution is 2.52. The lowest BCUT2D eigenvalue weighted by molar-refractivity contribution is 0.651. The highest BCUT2D eigenvalue weighted by atomic mass is 15.1. The Morgan fingerprint density at radius 2 is 1.48 bits per heavy atom. The van der Waals surface area contributed by atoms with Crippen molar-refractivity contribution >= 4 is 0 Å². The summed E-state index contributed by atoms with van der Waals surface area (Å²) in [5.41, 5.74) is 9.22. The Hall–Kier alpha value is -3.13. The van der Waals surface area contributed by atoms with Gasteiger partial charge in [-0.1, -0.05) is 108 Å². The third kappa shape index (κ3) is 3.31. The van der Waals surface area contributed by atoms with E-state index in [0.717, 1.165) is 11.4 Å². The molecule has 1 heterocycles. The van der Waals surface area contributed by atoms with Crippen molar-refractivity contribution in [1.82, 2.24) is 9.55 Å². The zero-order valence-electron chi connectivity index (χ0n) is 19.5. The van der Waals surface area contributed by atoms with Gasteiger partial charge in [0.25, 0.3) is 0 Å². The minimum Gasteiger partial charge on any atom is -0.299 e. The summed E-state index contributed by atoms with van der Waals surface area (Å²) in [7, 11) is 0. The Labute approximate surface area is 186 Å². The van der Waals surface area contributed by atoms with E-state index < -0.39 is 0 Å². The molecular formula is C29H32N2. The number of nitrogens with zero attached hydrogens (tertiary/aromatic N) is 2. The number of imidazole rings is 1. The van der Waals surface area contributed by atoms with Gasteiger partial charge in [0.15, 0.2) is 0 Å². The van der Waals surface area contributed by atoms with Gasteiger partial charge < -0.3 is 0 Å². The average Bonchev–Trinajstić information content (AvgIpc) is 3.37. The van der Waals surface area contributed by atoms with Crippen molar-refractivity contribution in [3.05, 3.63) is 95.8 Å². The molecule has 2 heteroatoms. The van der Waals surface area contributed by atoms with Crippen LogP contribution >= 0.6 is 0 Å². The van der Waals surface area contributed by atoms with Crippen molar-refractivity contribution in [3.63, 3.8) is 0 Å². The molecule has 0 spiro atoms. The Kier molecular flexibility index (Phi) is 5.58. The summed E-state index contributed by atoms with van der Waals surface area (Å²) in [6.07, 6.45) is 4.03. The van der Waals surface area contributed by atoms with Crippen molar-refractivity contribution in [2.75, 3.05) is 0 Å². The zero-order chi connectivity index (χ0) is 22.2. The van der Waals surface area contributed by atoms with Gasteiger partial charge in [0.2, 0.25) is 0 Å². The number of rotatable bonds is 3. The topological polar surface area (TPSA) is 17.8 Å². The molecule has 1 aliphatic carbocycles. The Morgan fingerprint density at radius 3 is 2.19 bits per heavy atom. The molecule has 0 radical (unpaired) electrons. The van der Waals surface area contributed by atoms with E-state index in [1.54, 1.807) is 0 Å². The molecule has 0 unspecified atom stereocenters. The SMILES string of the molecule is CC.CC(C)c1ccc2c(c1-n1ccnc1-c1ccccc1)C(C)(C)c1ccccc1-2. The molecule has 4 aromatic rings. The molecule has 31 heavy (non-hydrogen) atoms. The second-order valence-corrected chi connectivity index (χ2v) is 8.74. The van der Waals surface area contributed by atoms with Crippen LogP contribution in [0.15, 0.2) is 79.1 Å². The van der Waals surface area contributed by atoms with E-state index in [1.807, 2.05) is 20.0 Å². The fraction of sp³-hybridized carbons (Fsp3) is 0.276. The van der Waals surface area contributed by atoms with Crippen LogP contribution in [0.25, 0.3) is 28.2 Å². The van der Waals surface area contributed by atoms with E-state index in [4.69, 9.17) is 4.98 Å². The van der Waals surface area contributed by atoms with Gasteiger partial charge in [-0.2, -0.15) is 0 Å². The van der Waals surface area contributed by atoms with E-state index in [-0.39, 0.29) is 5.41 Å². The molecule has 2 nitrogen and oxygen atoms in total. The van der Waals surface area contributed by atoms with Gasteiger partial charge in [0, 0.05) is 23.4 Å². The average molecular weight is 409 g/mol. The van der Waals surface area contributed by atoms with Crippen LogP contribution in [0.2, 0.25) is 0 Å². The maximum atomic E-state index is 4.75. The molecule has 0 saturated carbocycles. The number of aromatic nitrogens is 2. The summed E-state index contributed by atoms with van der Waals surface area (Å²) in [5.74, 6) is 1.41. The van der Waals surface area contributed by atoms with Crippen LogP contribution in [0.3, 0.4) is 0 Å². The monoisotopic (exact) mass is 408 g/mol. The van der Waals surface area contributed by atoms with Gasteiger partial charge in [-0.05, 0) is 33.7 Å². The summed E-state index contributed by atoms with van der Waals surface area (Å²) in [4.78, 5) is 4.75. The Morgan fingerprint density at radius 1 is 0.806 bits per heavy atom. The van der Waals surface area contributed by atoms with E-state index in [2.05, 4.69) is 105 Å². The molecule has 1 aromatic heterocycles. The van der Waals surface area contributed by atoms with Gasteiger partial charge in [0.1, 0.15) is 5.82 Å². The van der Waals surface area contributed by atoms with Gasteiger partial charge in [-0.3, -0.25) is 4.57 Å². The van der Waals surface area contributed by atoms with Crippen LogP contribution in [0.1, 0.15) is 64.2 Å². The molecule has 158 valence electrons. The first-order valence-electron chi connectivity index (χ1n) is 11.4. The van der Waals surface area contributed by atoms with Gasteiger partial charge >= 0.3 is 0 Å². The van der Waals surface area contributed by atoms with Gasteiger partial charge in [-0.25, -0.2) is 4.98 Å². The number of hydrogen-bond acceptors (Lipinski definition) is 1. The summed E-state index contributed by atoms with van der Waals surface area (Å²) >= 11 is 0. The maximum Gasteiger partial charge on any atom is 0.144 e. The molecule has 0 N–H and O–H groups in total. The Bertz CT molecular complexity index is 1200. The first-order valence-corrected chi connectivity index (χ1v) is 11.4. The lowest BCUT2D eigenvalue weighted by atomic mass is 9.79. The van der Waals surface area contributed by atoms with E-state index >= 15 is 0 Å². The fourth-order valence-electron chi connectivity index (χ4n) is 4.87. The molecule has 3 aromatic carbocycles. The fourth-order valence-corrected chi connectivity index (χ4v) is 4.87. The number of fused-ring (bicyclic) bond motifs is 3. The van der Waals surface area contributed by atoms with Crippen LogP contribution in [0, 0.1) is 0 Å². The Balaban J connectivity index is 0.00000112. The van der Waals surface area contributed by atoms with Crippen LogP contribution < -0.4 is 0 Å². The predicted octanol–water partition coefficient (Wildman–Crippen LogP) is 8.00. The molecule has 1 aliphatic rings. The van der Waals surface area contributed by atoms with Crippen LogP contribution in [0.5, 0.6) is 0 Å². The normalized spacial score (nSPS) is 13.4. The lowest BCUT2D eigenvalue weighted by Gasteiger charge is -2.28. The second kappa shape index (κ2) is 8.19. The molecule has 0 bridgehead atoms. The predicted molar refractivity (Wildman–Crippen MR) is 132 cm³/mol. The van der Waals surface area contributed by atoms with Crippen molar-refractivity contribution < 1.29 is 0 Å². The standard InChI is InChI=1S/C27H26N2.C2H6/c1-18(2)20-14-15-22-21-12-8-9-13-23(21)27(3,4)24(22)25(20)29-17-16-28-26(29)19-10-6-5-7-11-19;1-2/h5-18H,1-4H3;1-2H3. The smallest absolute Gasteiger partial charge is 0.144 e. The second-order valence-electron chi connectivity index (χ2n) is 8.74. The molecule has 0 saturated heterocycles. The summed E-state index contributed by atoms with van der Waals surface area (Å²) in [5, 5.41) is 0. The van der Waals surface area contributed by atoms with Gasteiger partial charge in [-0.15, -0.1) is 0 Å². The number of hydrogen-bond donors (Lipinski definition) is 0. The quantitative estimate of drug-likeness (QED) is 0.336. The van der Waals surface area contributed by atoms with Crippen LogP contribution in [-0.2, 0) is 5.41 Å². The molecule has 5 rings (SSSR count). The first-order chi connectivity index (χ1) is 15.0. The largest absolute Gasteiger partial charge is 0.299 e. The van der Waals surface area contributed by atoms with Crippen LogP contribution in [0.4, 0.5) is 0 Å². The first kappa shape index (κ1) is 21.1.